The van der Waals surface area contributed by atoms with Gasteiger partial charge in [-0.1, -0.05) is 28.1 Å². The van der Waals surface area contributed by atoms with Crippen LogP contribution in [0.25, 0.3) is 0 Å². The molecule has 0 radical (unpaired) electrons. The maximum Gasteiger partial charge on any atom is 0.143 e. The molecule has 0 saturated carbocycles. The van der Waals surface area contributed by atoms with Crippen molar-refractivity contribution in [2.45, 2.75) is 19.9 Å². The first-order chi connectivity index (χ1) is 7.00. The number of carbonyl (C=O) groups excluding carboxylic acids is 1. The van der Waals surface area contributed by atoms with Crippen LogP contribution in [0.1, 0.15) is 25.5 Å². The molecule has 0 aliphatic carbocycles. The maximum atomic E-state index is 11.0. The van der Waals surface area contributed by atoms with Crippen molar-refractivity contribution < 1.29 is 4.79 Å². The van der Waals surface area contributed by atoms with Gasteiger partial charge in [-0.15, -0.1) is 0 Å². The largest absolute Gasteiger partial charge is 0.299 e. The fraction of sp³-hybridized carbons (Fsp3) is 0.417. The average Bonchev–Trinajstić information content (AvgIpc) is 2.17. The monoisotopic (exact) mass is 269 g/mol. The topological polar surface area (TPSA) is 20.3 Å². The van der Waals surface area contributed by atoms with E-state index in [1.54, 1.807) is 6.92 Å². The summed E-state index contributed by atoms with van der Waals surface area (Å²) in [5, 5.41) is 0. The third-order valence-corrected chi connectivity index (χ3v) is 3.01. The van der Waals surface area contributed by atoms with Crippen molar-refractivity contribution in [1.29, 1.82) is 0 Å². The van der Waals surface area contributed by atoms with Crippen LogP contribution in [-0.4, -0.2) is 24.3 Å². The van der Waals surface area contributed by atoms with Crippen molar-refractivity contribution in [3.8, 4) is 0 Å². The van der Waals surface area contributed by atoms with Crippen LogP contribution in [0.5, 0.6) is 0 Å². The summed E-state index contributed by atoms with van der Waals surface area (Å²) in [5.41, 5.74) is 1.22. The van der Waals surface area contributed by atoms with Crippen LogP contribution in [0.4, 0.5) is 0 Å². The molecule has 0 N–H and O–H groups in total. The fourth-order valence-electron chi connectivity index (χ4n) is 1.48. The van der Waals surface area contributed by atoms with Crippen LogP contribution in [0, 0.1) is 0 Å². The molecule has 1 unspecified atom stereocenters. The average molecular weight is 270 g/mol. The number of hydrogen-bond acceptors (Lipinski definition) is 2. The summed E-state index contributed by atoms with van der Waals surface area (Å²) in [4.78, 5) is 13.0. The minimum Gasteiger partial charge on any atom is -0.299 e. The van der Waals surface area contributed by atoms with Crippen LogP contribution in [0.3, 0.4) is 0 Å². The molecule has 0 spiro atoms. The lowest BCUT2D eigenvalue weighted by atomic mass is 10.1. The number of benzene rings is 1. The molecule has 1 aromatic rings. The highest BCUT2D eigenvalue weighted by molar-refractivity contribution is 9.10. The summed E-state index contributed by atoms with van der Waals surface area (Å²) in [6, 6.07) is 8.46. The van der Waals surface area contributed by atoms with Gasteiger partial charge >= 0.3 is 0 Å². The Balaban J connectivity index is 2.71. The first-order valence-corrected chi connectivity index (χ1v) is 5.75. The van der Waals surface area contributed by atoms with Gasteiger partial charge in [0.05, 0.1) is 6.54 Å². The fourth-order valence-corrected chi connectivity index (χ4v) is 1.75. The van der Waals surface area contributed by atoms with E-state index in [0.717, 1.165) is 4.47 Å². The number of ketones is 1. The first-order valence-electron chi connectivity index (χ1n) is 4.96. The Morgan fingerprint density at radius 3 is 2.40 bits per heavy atom. The molecule has 0 fully saturated rings. The smallest absolute Gasteiger partial charge is 0.143 e. The first kappa shape index (κ1) is 12.4. The van der Waals surface area contributed by atoms with Crippen molar-refractivity contribution in [3.63, 3.8) is 0 Å². The van der Waals surface area contributed by atoms with Crippen molar-refractivity contribution >= 4 is 21.7 Å². The van der Waals surface area contributed by atoms with E-state index in [1.165, 1.54) is 5.56 Å². The van der Waals surface area contributed by atoms with Crippen LogP contribution in [-0.2, 0) is 4.79 Å². The lowest BCUT2D eigenvalue weighted by Gasteiger charge is -2.23. The SMILES string of the molecule is CC(=O)CN(C)C(C)c1ccc(Br)cc1. The number of nitrogens with zero attached hydrogens (tertiary/aromatic N) is 1. The Kier molecular flexibility index (Phi) is 4.48. The zero-order chi connectivity index (χ0) is 11.4. The van der Waals surface area contributed by atoms with Crippen LogP contribution < -0.4 is 0 Å². The van der Waals surface area contributed by atoms with Gasteiger partial charge in [0.2, 0.25) is 0 Å². The second-order valence-electron chi connectivity index (χ2n) is 3.84. The molecule has 3 heteroatoms. The molecule has 0 bridgehead atoms. The molecular weight excluding hydrogens is 254 g/mol. The predicted molar refractivity (Wildman–Crippen MR) is 65.9 cm³/mol. The van der Waals surface area contributed by atoms with E-state index in [-0.39, 0.29) is 11.8 Å². The van der Waals surface area contributed by atoms with Crippen LogP contribution in [0.2, 0.25) is 0 Å². The van der Waals surface area contributed by atoms with Gasteiger partial charge in [0, 0.05) is 10.5 Å². The van der Waals surface area contributed by atoms with Gasteiger partial charge in [-0.05, 0) is 38.6 Å². The summed E-state index contributed by atoms with van der Waals surface area (Å²) < 4.78 is 1.08. The zero-order valence-electron chi connectivity index (χ0n) is 9.33. The van der Waals surface area contributed by atoms with E-state index in [2.05, 4.69) is 35.0 Å². The number of hydrogen-bond donors (Lipinski definition) is 0. The highest BCUT2D eigenvalue weighted by Crippen LogP contribution is 2.20. The Bertz CT molecular complexity index is 334. The van der Waals surface area contributed by atoms with Crippen LogP contribution >= 0.6 is 15.9 Å². The second kappa shape index (κ2) is 5.42. The summed E-state index contributed by atoms with van der Waals surface area (Å²) in [6.07, 6.45) is 0. The van der Waals surface area contributed by atoms with Gasteiger partial charge in [-0.3, -0.25) is 9.69 Å². The van der Waals surface area contributed by atoms with Gasteiger partial charge in [-0.25, -0.2) is 0 Å². The molecule has 1 aromatic carbocycles. The molecule has 0 aliphatic heterocycles. The van der Waals surface area contributed by atoms with Crippen molar-refractivity contribution in [3.05, 3.63) is 34.3 Å². The molecule has 0 heterocycles. The molecule has 0 aromatic heterocycles. The Morgan fingerprint density at radius 2 is 1.93 bits per heavy atom. The van der Waals surface area contributed by atoms with Crippen molar-refractivity contribution in [1.82, 2.24) is 4.90 Å². The predicted octanol–water partition coefficient (Wildman–Crippen LogP) is 3.03. The molecule has 1 rings (SSSR count). The third kappa shape index (κ3) is 3.76. The molecule has 0 amide bonds. The van der Waals surface area contributed by atoms with Gasteiger partial charge in [0.15, 0.2) is 0 Å². The maximum absolute atomic E-state index is 11.0. The molecule has 1 atom stereocenters. The lowest BCUT2D eigenvalue weighted by Crippen LogP contribution is -2.27. The summed E-state index contributed by atoms with van der Waals surface area (Å²) >= 11 is 3.40. The van der Waals surface area contributed by atoms with E-state index < -0.39 is 0 Å². The Labute approximate surface area is 99.4 Å². The summed E-state index contributed by atoms with van der Waals surface area (Å²) in [6.45, 7) is 4.22. The Morgan fingerprint density at radius 1 is 1.40 bits per heavy atom. The molecule has 2 nitrogen and oxygen atoms in total. The summed E-state index contributed by atoms with van der Waals surface area (Å²) in [5.74, 6) is 0.196. The lowest BCUT2D eigenvalue weighted by molar-refractivity contribution is -0.118. The van der Waals surface area contributed by atoms with Crippen molar-refractivity contribution in [2.24, 2.45) is 0 Å². The normalized spacial score (nSPS) is 12.9. The van der Waals surface area contributed by atoms with Gasteiger partial charge in [-0.2, -0.15) is 0 Å². The molecule has 82 valence electrons. The number of likely N-dealkylation sites (N-methyl/N-ethyl adjacent to an activating group) is 1. The molecular formula is C12H16BrNO. The zero-order valence-corrected chi connectivity index (χ0v) is 10.9. The highest BCUT2D eigenvalue weighted by atomic mass is 79.9. The van der Waals surface area contributed by atoms with E-state index in [0.29, 0.717) is 6.54 Å². The minimum absolute atomic E-state index is 0.196. The third-order valence-electron chi connectivity index (χ3n) is 2.49. The van der Waals surface area contributed by atoms with Crippen molar-refractivity contribution in [2.75, 3.05) is 13.6 Å². The van der Waals surface area contributed by atoms with E-state index in [4.69, 9.17) is 0 Å². The second-order valence-corrected chi connectivity index (χ2v) is 4.76. The van der Waals surface area contributed by atoms with Gasteiger partial charge in [0.1, 0.15) is 5.78 Å². The standard InChI is InChI=1S/C12H16BrNO/c1-9(15)8-14(3)10(2)11-4-6-12(13)7-5-11/h4-7,10H,8H2,1-3H3. The number of Topliss-reactive ketones (excluding diaryl/α,β-unsaturated/α-hetero) is 1. The van der Waals surface area contributed by atoms with E-state index >= 15 is 0 Å². The van der Waals surface area contributed by atoms with E-state index in [1.807, 2.05) is 24.1 Å². The molecule has 0 aliphatic rings. The highest BCUT2D eigenvalue weighted by Gasteiger charge is 2.12. The molecule has 15 heavy (non-hydrogen) atoms. The minimum atomic E-state index is 0.196. The van der Waals surface area contributed by atoms with E-state index in [9.17, 15) is 4.79 Å². The van der Waals surface area contributed by atoms with Gasteiger partial charge < -0.3 is 0 Å². The van der Waals surface area contributed by atoms with Gasteiger partial charge in [0.25, 0.3) is 0 Å². The van der Waals surface area contributed by atoms with Crippen LogP contribution in [0.15, 0.2) is 28.7 Å². The number of carbonyl (C=O) groups is 1. The number of halogens is 1. The number of rotatable bonds is 4. The quantitative estimate of drug-likeness (QED) is 0.838. The summed E-state index contributed by atoms with van der Waals surface area (Å²) in [7, 11) is 1.97. The molecule has 0 saturated heterocycles. The Hall–Kier alpha value is -0.670.